The van der Waals surface area contributed by atoms with Gasteiger partial charge in [0, 0.05) is 24.4 Å². The van der Waals surface area contributed by atoms with Crippen LogP contribution in [0.15, 0.2) is 12.7 Å². The minimum Gasteiger partial charge on any atom is -0.444 e. The molecule has 1 aliphatic heterocycles. The number of rotatable bonds is 5. The van der Waals surface area contributed by atoms with Crippen LogP contribution in [0.2, 0.25) is 0 Å². The van der Waals surface area contributed by atoms with Crippen LogP contribution in [0.5, 0.6) is 0 Å². The maximum absolute atomic E-state index is 13.4. The Morgan fingerprint density at radius 2 is 1.75 bits per heavy atom. The SMILES string of the molecule is C=CC[C@@]1(CO)CN(C(=O)OC(C)(C)C)C[C@@]1(NC(C)=O)C(=O)NC(C)(C)C. The van der Waals surface area contributed by atoms with Gasteiger partial charge in [0.15, 0.2) is 0 Å². The van der Waals surface area contributed by atoms with Gasteiger partial charge in [-0.2, -0.15) is 0 Å². The monoisotopic (exact) mass is 397 g/mol. The van der Waals surface area contributed by atoms with Crippen molar-refractivity contribution in [2.24, 2.45) is 5.41 Å². The smallest absolute Gasteiger partial charge is 0.410 e. The maximum Gasteiger partial charge on any atom is 0.410 e. The average Bonchev–Trinajstić information content (AvgIpc) is 2.80. The zero-order valence-electron chi connectivity index (χ0n) is 18.1. The number of allylic oxidation sites excluding steroid dienone is 1. The van der Waals surface area contributed by atoms with Crippen molar-refractivity contribution in [1.29, 1.82) is 0 Å². The first kappa shape index (κ1) is 23.9. The second-order valence-corrected chi connectivity index (χ2v) is 9.56. The second-order valence-electron chi connectivity index (χ2n) is 9.56. The van der Waals surface area contributed by atoms with Crippen molar-refractivity contribution in [3.05, 3.63) is 12.7 Å². The summed E-state index contributed by atoms with van der Waals surface area (Å²) in [5.41, 5.74) is -3.94. The highest BCUT2D eigenvalue weighted by atomic mass is 16.6. The minimum atomic E-state index is -1.52. The summed E-state index contributed by atoms with van der Waals surface area (Å²) in [7, 11) is 0. The summed E-state index contributed by atoms with van der Waals surface area (Å²) in [5.74, 6) is -0.894. The third kappa shape index (κ3) is 5.25. The van der Waals surface area contributed by atoms with E-state index in [-0.39, 0.29) is 19.5 Å². The Labute approximate surface area is 167 Å². The highest BCUT2D eigenvalue weighted by Crippen LogP contribution is 2.43. The molecule has 0 aliphatic carbocycles. The summed E-state index contributed by atoms with van der Waals surface area (Å²) in [4.78, 5) is 39.5. The van der Waals surface area contributed by atoms with Crippen molar-refractivity contribution in [3.63, 3.8) is 0 Å². The van der Waals surface area contributed by atoms with E-state index in [1.165, 1.54) is 11.8 Å². The van der Waals surface area contributed by atoms with Crippen LogP contribution in [0.25, 0.3) is 0 Å². The Morgan fingerprint density at radius 1 is 1.18 bits per heavy atom. The summed E-state index contributed by atoms with van der Waals surface area (Å²) < 4.78 is 5.45. The van der Waals surface area contributed by atoms with E-state index < -0.39 is 46.6 Å². The topological polar surface area (TPSA) is 108 Å². The molecular formula is C20H35N3O5. The van der Waals surface area contributed by atoms with Crippen molar-refractivity contribution >= 4 is 17.9 Å². The first-order chi connectivity index (χ1) is 12.6. The normalized spacial score (nSPS) is 25.2. The molecule has 3 amide bonds. The minimum absolute atomic E-state index is 0.0439. The Bertz CT molecular complexity index is 635. The van der Waals surface area contributed by atoms with Gasteiger partial charge in [-0.05, 0) is 48.0 Å². The fourth-order valence-corrected chi connectivity index (χ4v) is 3.52. The van der Waals surface area contributed by atoms with Gasteiger partial charge in [0.25, 0.3) is 0 Å². The van der Waals surface area contributed by atoms with E-state index in [0.717, 1.165) is 0 Å². The number of nitrogens with zero attached hydrogens (tertiary/aromatic N) is 1. The van der Waals surface area contributed by atoms with Gasteiger partial charge >= 0.3 is 6.09 Å². The molecule has 28 heavy (non-hydrogen) atoms. The predicted octanol–water partition coefficient (Wildman–Crippen LogP) is 1.58. The highest BCUT2D eigenvalue weighted by Gasteiger charge is 2.63. The Kier molecular flexibility index (Phi) is 6.93. The summed E-state index contributed by atoms with van der Waals surface area (Å²) >= 11 is 0. The summed E-state index contributed by atoms with van der Waals surface area (Å²) in [5, 5.41) is 15.9. The molecule has 0 radical (unpaired) electrons. The first-order valence-corrected chi connectivity index (χ1v) is 9.42. The van der Waals surface area contributed by atoms with Crippen molar-refractivity contribution < 1.29 is 24.2 Å². The number of nitrogens with one attached hydrogen (secondary N) is 2. The number of amides is 3. The van der Waals surface area contributed by atoms with E-state index in [2.05, 4.69) is 17.2 Å². The van der Waals surface area contributed by atoms with Gasteiger partial charge in [-0.25, -0.2) is 4.79 Å². The van der Waals surface area contributed by atoms with Crippen LogP contribution >= 0.6 is 0 Å². The van der Waals surface area contributed by atoms with E-state index in [1.807, 2.05) is 20.8 Å². The quantitative estimate of drug-likeness (QED) is 0.611. The second kappa shape index (κ2) is 8.11. The van der Waals surface area contributed by atoms with Crippen LogP contribution in [0.1, 0.15) is 54.9 Å². The lowest BCUT2D eigenvalue weighted by molar-refractivity contribution is -0.139. The molecule has 0 unspecified atom stereocenters. The van der Waals surface area contributed by atoms with Gasteiger partial charge in [-0.15, -0.1) is 6.58 Å². The number of carbonyl (C=O) groups excluding carboxylic acids is 3. The van der Waals surface area contributed by atoms with Crippen LogP contribution in [0, 0.1) is 5.41 Å². The fourth-order valence-electron chi connectivity index (χ4n) is 3.52. The number of carbonyl (C=O) groups is 3. The standard InChI is InChI=1S/C20H35N3O5/c1-9-10-19(13-24)11-23(16(27)28-18(6,7)8)12-20(19,21-14(2)25)15(26)22-17(3,4)5/h9,24H,1,10-13H2,2-8H3,(H,21,25)(H,22,26)/t19-,20+/m0/s1. The number of likely N-dealkylation sites (tertiary alicyclic amines) is 1. The number of aliphatic hydroxyl groups is 1. The van der Waals surface area contributed by atoms with Crippen LogP contribution < -0.4 is 10.6 Å². The molecule has 0 aromatic carbocycles. The molecule has 1 saturated heterocycles. The summed E-state index contributed by atoms with van der Waals surface area (Å²) in [6.07, 6.45) is 1.20. The molecule has 0 spiro atoms. The van der Waals surface area contributed by atoms with Crippen LogP contribution in [-0.4, -0.2) is 64.3 Å². The third-order valence-electron chi connectivity index (χ3n) is 4.58. The van der Waals surface area contributed by atoms with E-state index in [4.69, 9.17) is 4.74 Å². The van der Waals surface area contributed by atoms with Crippen molar-refractivity contribution in [3.8, 4) is 0 Å². The van der Waals surface area contributed by atoms with Crippen molar-refractivity contribution in [2.45, 2.75) is 71.6 Å². The van der Waals surface area contributed by atoms with Gasteiger partial charge in [0.05, 0.1) is 13.2 Å². The fraction of sp³-hybridized carbons (Fsp3) is 0.750. The van der Waals surface area contributed by atoms with Gasteiger partial charge in [-0.1, -0.05) is 6.08 Å². The van der Waals surface area contributed by atoms with Gasteiger partial charge < -0.3 is 25.4 Å². The predicted molar refractivity (Wildman–Crippen MR) is 107 cm³/mol. The van der Waals surface area contributed by atoms with Gasteiger partial charge in [0.1, 0.15) is 11.1 Å². The molecule has 3 N–H and O–H groups in total. The van der Waals surface area contributed by atoms with Crippen LogP contribution in [0.3, 0.4) is 0 Å². The van der Waals surface area contributed by atoms with Gasteiger partial charge in [-0.3, -0.25) is 9.59 Å². The third-order valence-corrected chi connectivity index (χ3v) is 4.58. The molecule has 8 nitrogen and oxygen atoms in total. The van der Waals surface area contributed by atoms with Gasteiger partial charge in [0.2, 0.25) is 11.8 Å². The van der Waals surface area contributed by atoms with E-state index in [1.54, 1.807) is 26.8 Å². The Balaban J connectivity index is 3.48. The summed E-state index contributed by atoms with van der Waals surface area (Å²) in [6.45, 7) is 15.3. The molecule has 1 heterocycles. The van der Waals surface area contributed by atoms with Crippen molar-refractivity contribution in [1.82, 2.24) is 15.5 Å². The van der Waals surface area contributed by atoms with Crippen molar-refractivity contribution in [2.75, 3.05) is 19.7 Å². The first-order valence-electron chi connectivity index (χ1n) is 9.42. The Morgan fingerprint density at radius 3 is 2.14 bits per heavy atom. The van der Waals surface area contributed by atoms with E-state index in [9.17, 15) is 19.5 Å². The molecule has 2 atom stereocenters. The van der Waals surface area contributed by atoms with E-state index >= 15 is 0 Å². The number of ether oxygens (including phenoxy) is 1. The number of hydrogen-bond donors (Lipinski definition) is 3. The highest BCUT2D eigenvalue weighted by molar-refractivity contribution is 5.94. The number of aliphatic hydroxyl groups excluding tert-OH is 1. The molecule has 0 aromatic rings. The molecule has 0 bridgehead atoms. The largest absolute Gasteiger partial charge is 0.444 e. The number of hydrogen-bond acceptors (Lipinski definition) is 5. The summed E-state index contributed by atoms with van der Waals surface area (Å²) in [6, 6.07) is 0. The lowest BCUT2D eigenvalue weighted by Gasteiger charge is -2.43. The molecule has 1 fully saturated rings. The molecular weight excluding hydrogens is 362 g/mol. The molecule has 8 heteroatoms. The molecule has 0 saturated carbocycles. The average molecular weight is 398 g/mol. The lowest BCUT2D eigenvalue weighted by Crippen LogP contribution is -2.70. The maximum atomic E-state index is 13.4. The lowest BCUT2D eigenvalue weighted by atomic mass is 9.69. The molecule has 0 aromatic heterocycles. The zero-order chi connectivity index (χ0) is 22.0. The zero-order valence-corrected chi connectivity index (χ0v) is 18.1. The van der Waals surface area contributed by atoms with E-state index in [0.29, 0.717) is 0 Å². The molecule has 160 valence electrons. The Hall–Kier alpha value is -2.09. The molecule has 1 aliphatic rings. The van der Waals surface area contributed by atoms with Crippen LogP contribution in [-0.2, 0) is 14.3 Å². The molecule has 1 rings (SSSR count). The van der Waals surface area contributed by atoms with Crippen LogP contribution in [0.4, 0.5) is 4.79 Å².